The van der Waals surface area contributed by atoms with E-state index in [1.165, 1.54) is 16.7 Å². The van der Waals surface area contributed by atoms with E-state index in [1.54, 1.807) is 0 Å². The van der Waals surface area contributed by atoms with Crippen LogP contribution in [-0.4, -0.2) is 4.57 Å². The van der Waals surface area contributed by atoms with Crippen LogP contribution in [0, 0.1) is 25.2 Å². The maximum absolute atomic E-state index is 9.19. The van der Waals surface area contributed by atoms with Crippen molar-refractivity contribution in [3.8, 4) is 17.3 Å². The van der Waals surface area contributed by atoms with E-state index in [9.17, 15) is 5.26 Å². The van der Waals surface area contributed by atoms with Gasteiger partial charge in [0.25, 0.3) is 0 Å². The minimum absolute atomic E-state index is 0.126. The molecule has 0 unspecified atom stereocenters. The molecule has 0 aliphatic carbocycles. The van der Waals surface area contributed by atoms with Gasteiger partial charge in [0.1, 0.15) is 6.07 Å². The Labute approximate surface area is 121 Å². The minimum atomic E-state index is 0.126. The van der Waals surface area contributed by atoms with E-state index in [0.29, 0.717) is 0 Å². The van der Waals surface area contributed by atoms with Crippen LogP contribution in [0.5, 0.6) is 0 Å². The summed E-state index contributed by atoms with van der Waals surface area (Å²) in [6.07, 6.45) is 0. The van der Waals surface area contributed by atoms with Crippen LogP contribution in [0.2, 0.25) is 0 Å². The normalized spacial score (nSPS) is 11.4. The standard InChI is InChI=1S/C18H22N2/c1-12-7-8-15(18(3,4)5)10-16(12)17-9-14(11-19)13(2)20(17)6/h7-10H,1-6H3. The summed E-state index contributed by atoms with van der Waals surface area (Å²) in [5.74, 6) is 0. The van der Waals surface area contributed by atoms with E-state index in [4.69, 9.17) is 0 Å². The average molecular weight is 266 g/mol. The summed E-state index contributed by atoms with van der Waals surface area (Å²) in [4.78, 5) is 0. The van der Waals surface area contributed by atoms with Crippen LogP contribution in [0.25, 0.3) is 11.3 Å². The molecular formula is C18H22N2. The Morgan fingerprint density at radius 1 is 1.10 bits per heavy atom. The Balaban J connectivity index is 2.67. The van der Waals surface area contributed by atoms with Crippen molar-refractivity contribution in [2.45, 2.75) is 40.0 Å². The molecule has 0 saturated carbocycles. The number of hydrogen-bond donors (Lipinski definition) is 0. The lowest BCUT2D eigenvalue weighted by Gasteiger charge is -2.21. The number of hydrogen-bond acceptors (Lipinski definition) is 1. The Kier molecular flexibility index (Phi) is 3.48. The first-order chi connectivity index (χ1) is 9.25. The van der Waals surface area contributed by atoms with Gasteiger partial charge in [0.05, 0.1) is 5.56 Å². The van der Waals surface area contributed by atoms with Crippen molar-refractivity contribution in [3.05, 3.63) is 46.6 Å². The van der Waals surface area contributed by atoms with Crippen molar-refractivity contribution >= 4 is 0 Å². The zero-order valence-corrected chi connectivity index (χ0v) is 13.2. The summed E-state index contributed by atoms with van der Waals surface area (Å²) in [7, 11) is 2.02. The molecule has 2 rings (SSSR count). The van der Waals surface area contributed by atoms with E-state index in [0.717, 1.165) is 17.0 Å². The molecule has 0 saturated heterocycles. The van der Waals surface area contributed by atoms with Crippen LogP contribution in [0.15, 0.2) is 24.3 Å². The van der Waals surface area contributed by atoms with Gasteiger partial charge < -0.3 is 4.57 Å². The molecule has 0 amide bonds. The molecule has 0 bridgehead atoms. The van der Waals surface area contributed by atoms with Crippen LogP contribution >= 0.6 is 0 Å². The number of aromatic nitrogens is 1. The van der Waals surface area contributed by atoms with Crippen LogP contribution in [0.1, 0.15) is 43.2 Å². The second-order valence-electron chi connectivity index (χ2n) is 6.48. The maximum atomic E-state index is 9.19. The van der Waals surface area contributed by atoms with Crippen molar-refractivity contribution in [2.75, 3.05) is 0 Å². The highest BCUT2D eigenvalue weighted by Gasteiger charge is 2.17. The third kappa shape index (κ3) is 2.36. The zero-order chi connectivity index (χ0) is 15.1. The van der Waals surface area contributed by atoms with Crippen LogP contribution in [-0.2, 0) is 12.5 Å². The van der Waals surface area contributed by atoms with Gasteiger partial charge in [0.15, 0.2) is 0 Å². The minimum Gasteiger partial charge on any atom is -0.347 e. The highest BCUT2D eigenvalue weighted by molar-refractivity contribution is 5.68. The first-order valence-electron chi connectivity index (χ1n) is 6.93. The van der Waals surface area contributed by atoms with E-state index >= 15 is 0 Å². The van der Waals surface area contributed by atoms with E-state index in [1.807, 2.05) is 20.0 Å². The number of nitriles is 1. The number of nitrogens with zero attached hydrogens (tertiary/aromatic N) is 2. The van der Waals surface area contributed by atoms with Crippen LogP contribution < -0.4 is 0 Å². The molecule has 1 heterocycles. The van der Waals surface area contributed by atoms with Crippen molar-refractivity contribution in [1.82, 2.24) is 4.57 Å². The number of benzene rings is 1. The summed E-state index contributed by atoms with van der Waals surface area (Å²) >= 11 is 0. The summed E-state index contributed by atoms with van der Waals surface area (Å²) in [5.41, 5.74) is 6.78. The molecule has 0 atom stereocenters. The van der Waals surface area contributed by atoms with Gasteiger partial charge >= 0.3 is 0 Å². The lowest BCUT2D eigenvalue weighted by atomic mass is 9.85. The van der Waals surface area contributed by atoms with Crippen LogP contribution in [0.4, 0.5) is 0 Å². The van der Waals surface area contributed by atoms with Crippen LogP contribution in [0.3, 0.4) is 0 Å². The van der Waals surface area contributed by atoms with E-state index in [2.05, 4.69) is 56.5 Å². The van der Waals surface area contributed by atoms with E-state index < -0.39 is 0 Å². The first kappa shape index (κ1) is 14.4. The molecule has 1 aromatic heterocycles. The average Bonchev–Trinajstić information content (AvgIpc) is 2.65. The van der Waals surface area contributed by atoms with Crippen molar-refractivity contribution in [2.24, 2.45) is 7.05 Å². The smallest absolute Gasteiger partial charge is 0.101 e. The molecule has 0 aliphatic rings. The molecule has 104 valence electrons. The summed E-state index contributed by atoms with van der Waals surface area (Å²) < 4.78 is 2.10. The summed E-state index contributed by atoms with van der Waals surface area (Å²) in [5, 5.41) is 9.19. The van der Waals surface area contributed by atoms with Crippen molar-refractivity contribution in [3.63, 3.8) is 0 Å². The third-order valence-electron chi connectivity index (χ3n) is 4.04. The fourth-order valence-corrected chi connectivity index (χ4v) is 2.44. The molecule has 0 N–H and O–H groups in total. The topological polar surface area (TPSA) is 28.7 Å². The zero-order valence-electron chi connectivity index (χ0n) is 13.2. The van der Waals surface area contributed by atoms with Gasteiger partial charge in [-0.3, -0.25) is 0 Å². The quantitative estimate of drug-likeness (QED) is 0.748. The SMILES string of the molecule is Cc1ccc(C(C)(C)C)cc1-c1cc(C#N)c(C)n1C. The largest absolute Gasteiger partial charge is 0.347 e. The molecule has 0 spiro atoms. The Morgan fingerprint density at radius 3 is 2.25 bits per heavy atom. The first-order valence-corrected chi connectivity index (χ1v) is 6.93. The number of aryl methyl sites for hydroxylation is 1. The van der Waals surface area contributed by atoms with Gasteiger partial charge in [-0.15, -0.1) is 0 Å². The lowest BCUT2D eigenvalue weighted by molar-refractivity contribution is 0.590. The lowest BCUT2D eigenvalue weighted by Crippen LogP contribution is -2.11. The van der Waals surface area contributed by atoms with Crippen molar-refractivity contribution < 1.29 is 0 Å². The van der Waals surface area contributed by atoms with Gasteiger partial charge in [-0.25, -0.2) is 0 Å². The fraction of sp³-hybridized carbons (Fsp3) is 0.389. The fourth-order valence-electron chi connectivity index (χ4n) is 2.44. The molecule has 2 aromatic rings. The Hall–Kier alpha value is -2.01. The Morgan fingerprint density at radius 2 is 1.75 bits per heavy atom. The second kappa shape index (κ2) is 4.83. The highest BCUT2D eigenvalue weighted by Crippen LogP contribution is 2.32. The highest BCUT2D eigenvalue weighted by atomic mass is 15.0. The predicted molar refractivity (Wildman–Crippen MR) is 83.7 cm³/mol. The molecule has 20 heavy (non-hydrogen) atoms. The van der Waals surface area contributed by atoms with Crippen molar-refractivity contribution in [1.29, 1.82) is 5.26 Å². The molecule has 0 aliphatic heterocycles. The molecule has 2 nitrogen and oxygen atoms in total. The molecule has 0 fully saturated rings. The van der Waals surface area contributed by atoms with Gasteiger partial charge in [0, 0.05) is 24.0 Å². The van der Waals surface area contributed by atoms with Gasteiger partial charge in [0.2, 0.25) is 0 Å². The molecule has 2 heteroatoms. The monoisotopic (exact) mass is 266 g/mol. The van der Waals surface area contributed by atoms with Gasteiger partial charge in [-0.05, 0) is 42.5 Å². The summed E-state index contributed by atoms with van der Waals surface area (Å²) in [6.45, 7) is 10.8. The van der Waals surface area contributed by atoms with E-state index in [-0.39, 0.29) is 5.41 Å². The molecular weight excluding hydrogens is 244 g/mol. The summed E-state index contributed by atoms with van der Waals surface area (Å²) in [6, 6.07) is 10.9. The maximum Gasteiger partial charge on any atom is 0.101 e. The predicted octanol–water partition coefficient (Wildman–Crippen LogP) is 4.48. The molecule has 1 aromatic carbocycles. The second-order valence-corrected chi connectivity index (χ2v) is 6.48. The Bertz CT molecular complexity index is 691. The number of rotatable bonds is 1. The molecule has 0 radical (unpaired) electrons. The van der Waals surface area contributed by atoms with Gasteiger partial charge in [-0.2, -0.15) is 5.26 Å². The third-order valence-corrected chi connectivity index (χ3v) is 4.04. The van der Waals surface area contributed by atoms with Gasteiger partial charge in [-0.1, -0.05) is 32.9 Å².